The minimum absolute atomic E-state index is 0.0526. The number of aryl methyl sites for hydroxylation is 1. The number of aliphatic hydroxyl groups excluding tert-OH is 1. The number of hydrazone groups is 1. The molecule has 6 nitrogen and oxygen atoms in total. The monoisotopic (exact) mass is 463 g/mol. The first-order valence-corrected chi connectivity index (χ1v) is 10.7. The standard InChI is InChI=1S/C18H17Cl2F2N3O3S/c1-11-5-7-12(8-6-11)29(27,28)24-23-17(16-13(19)3-2-4-14(16)20)25-9-15(26)18(21,22)10-25/h2-8,15,24,26H,9-10H2,1H3/b23-17+. The lowest BCUT2D eigenvalue weighted by Gasteiger charge is -2.22. The van der Waals surface area contributed by atoms with Crippen LogP contribution in [0.4, 0.5) is 8.78 Å². The van der Waals surface area contributed by atoms with Crippen LogP contribution in [0.5, 0.6) is 0 Å². The Labute approximate surface area is 176 Å². The molecule has 2 aromatic rings. The van der Waals surface area contributed by atoms with Crippen LogP contribution in [0.15, 0.2) is 52.5 Å². The summed E-state index contributed by atoms with van der Waals surface area (Å²) in [5.41, 5.74) is 0.941. The molecule has 29 heavy (non-hydrogen) atoms. The predicted octanol–water partition coefficient (Wildman–Crippen LogP) is 3.25. The van der Waals surface area contributed by atoms with Crippen LogP contribution >= 0.6 is 23.2 Å². The van der Waals surface area contributed by atoms with Gasteiger partial charge in [-0.15, -0.1) is 5.10 Å². The number of hydrogen-bond acceptors (Lipinski definition) is 4. The Kier molecular flexibility index (Phi) is 6.05. The SMILES string of the molecule is Cc1ccc(S(=O)(=O)N/N=C(\c2c(Cl)cccc2Cl)N2CC(O)C(F)(F)C2)cc1. The second-order valence-corrected chi connectivity index (χ2v) is 9.07. The topological polar surface area (TPSA) is 82.0 Å². The second kappa shape index (κ2) is 8.06. The van der Waals surface area contributed by atoms with E-state index >= 15 is 0 Å². The molecule has 3 rings (SSSR count). The average Bonchev–Trinajstić information content (AvgIpc) is 2.90. The molecule has 1 atom stereocenters. The number of likely N-dealkylation sites (tertiary alicyclic amines) is 1. The summed E-state index contributed by atoms with van der Waals surface area (Å²) >= 11 is 12.4. The van der Waals surface area contributed by atoms with Gasteiger partial charge in [-0.05, 0) is 31.2 Å². The Morgan fingerprint density at radius 3 is 2.31 bits per heavy atom. The molecule has 0 spiro atoms. The van der Waals surface area contributed by atoms with E-state index in [1.807, 2.05) is 4.83 Å². The maximum Gasteiger partial charge on any atom is 0.292 e. The highest BCUT2D eigenvalue weighted by Gasteiger charge is 2.48. The molecule has 156 valence electrons. The van der Waals surface area contributed by atoms with E-state index in [0.29, 0.717) is 0 Å². The summed E-state index contributed by atoms with van der Waals surface area (Å²) in [6.45, 7) is 0.457. The molecule has 1 fully saturated rings. The Balaban J connectivity index is 2.03. The van der Waals surface area contributed by atoms with Crippen LogP contribution < -0.4 is 4.83 Å². The highest BCUT2D eigenvalue weighted by Crippen LogP contribution is 2.32. The number of nitrogens with one attached hydrogen (secondary N) is 1. The first kappa shape index (κ1) is 21.8. The summed E-state index contributed by atoms with van der Waals surface area (Å²) in [5, 5.41) is 13.7. The van der Waals surface area contributed by atoms with E-state index in [1.54, 1.807) is 25.1 Å². The molecular weight excluding hydrogens is 447 g/mol. The van der Waals surface area contributed by atoms with Gasteiger partial charge >= 0.3 is 0 Å². The molecule has 11 heteroatoms. The third kappa shape index (κ3) is 4.63. The molecule has 2 aromatic carbocycles. The zero-order valence-corrected chi connectivity index (χ0v) is 17.4. The smallest absolute Gasteiger partial charge is 0.292 e. The molecule has 1 aliphatic rings. The van der Waals surface area contributed by atoms with Crippen molar-refractivity contribution in [3.05, 3.63) is 63.6 Å². The number of rotatable bonds is 4. The first-order chi connectivity index (χ1) is 13.5. The van der Waals surface area contributed by atoms with Crippen LogP contribution in [0.1, 0.15) is 11.1 Å². The maximum absolute atomic E-state index is 13.9. The molecule has 0 amide bonds. The molecule has 2 N–H and O–H groups in total. The summed E-state index contributed by atoms with van der Waals surface area (Å²) < 4.78 is 52.9. The fraction of sp³-hybridized carbons (Fsp3) is 0.278. The van der Waals surface area contributed by atoms with Gasteiger partial charge in [0.2, 0.25) is 0 Å². The van der Waals surface area contributed by atoms with Gasteiger partial charge in [-0.3, -0.25) is 0 Å². The van der Waals surface area contributed by atoms with Crippen LogP contribution in [0.25, 0.3) is 0 Å². The van der Waals surface area contributed by atoms with Gasteiger partial charge in [0.15, 0.2) is 5.84 Å². The van der Waals surface area contributed by atoms with E-state index in [2.05, 4.69) is 5.10 Å². The quantitative estimate of drug-likeness (QED) is 0.414. The number of amidine groups is 1. The van der Waals surface area contributed by atoms with Gasteiger partial charge in [-0.25, -0.2) is 8.78 Å². The Bertz CT molecular complexity index is 1030. The van der Waals surface area contributed by atoms with Crippen molar-refractivity contribution >= 4 is 39.1 Å². The number of hydrogen-bond donors (Lipinski definition) is 2. The summed E-state index contributed by atoms with van der Waals surface area (Å²) in [4.78, 5) is 3.03. The molecule has 0 aromatic heterocycles. The van der Waals surface area contributed by atoms with Crippen molar-refractivity contribution in [1.82, 2.24) is 9.73 Å². The van der Waals surface area contributed by atoms with Crippen LogP contribution in [-0.4, -0.2) is 49.4 Å². The first-order valence-electron chi connectivity index (χ1n) is 8.42. The van der Waals surface area contributed by atoms with Crippen LogP contribution in [-0.2, 0) is 10.0 Å². The van der Waals surface area contributed by atoms with Crippen molar-refractivity contribution in [2.75, 3.05) is 13.1 Å². The number of alkyl halides is 2. The zero-order chi connectivity index (χ0) is 21.4. The summed E-state index contributed by atoms with van der Waals surface area (Å²) in [6.07, 6.45) is -1.94. The predicted molar refractivity (Wildman–Crippen MR) is 107 cm³/mol. The van der Waals surface area contributed by atoms with Crippen molar-refractivity contribution < 1.29 is 22.3 Å². The molecular formula is C18H17Cl2F2N3O3S. The zero-order valence-electron chi connectivity index (χ0n) is 15.1. The number of β-amino-alcohol motifs (C(OH)–C–C–N with tert-alkyl or cyclic N) is 1. The van der Waals surface area contributed by atoms with Gasteiger partial charge in [-0.2, -0.15) is 13.2 Å². The second-order valence-electron chi connectivity index (χ2n) is 6.60. The molecule has 1 unspecified atom stereocenters. The largest absolute Gasteiger partial charge is 0.385 e. The fourth-order valence-corrected chi connectivity index (χ4v) is 4.17. The Morgan fingerprint density at radius 2 is 1.79 bits per heavy atom. The fourth-order valence-electron chi connectivity index (χ4n) is 2.80. The number of nitrogens with zero attached hydrogens (tertiary/aromatic N) is 2. The summed E-state index contributed by atoms with van der Waals surface area (Å²) in [5.74, 6) is -3.61. The number of benzene rings is 2. The third-order valence-corrected chi connectivity index (χ3v) is 6.23. The molecule has 1 saturated heterocycles. The van der Waals surface area contributed by atoms with Gasteiger partial charge in [0.05, 0.1) is 33.6 Å². The van der Waals surface area contributed by atoms with E-state index in [1.165, 1.54) is 24.3 Å². The lowest BCUT2D eigenvalue weighted by atomic mass is 10.2. The molecule has 1 heterocycles. The van der Waals surface area contributed by atoms with E-state index < -0.39 is 35.1 Å². The van der Waals surface area contributed by atoms with Gasteiger partial charge in [0.25, 0.3) is 15.9 Å². The van der Waals surface area contributed by atoms with Crippen molar-refractivity contribution in [2.24, 2.45) is 5.10 Å². The van der Waals surface area contributed by atoms with Gasteiger partial charge in [0.1, 0.15) is 6.10 Å². The lowest BCUT2D eigenvalue weighted by Crippen LogP contribution is -2.35. The van der Waals surface area contributed by atoms with Crippen molar-refractivity contribution in [1.29, 1.82) is 0 Å². The van der Waals surface area contributed by atoms with E-state index in [4.69, 9.17) is 23.2 Å². The maximum atomic E-state index is 13.9. The molecule has 0 aliphatic carbocycles. The van der Waals surface area contributed by atoms with Crippen molar-refractivity contribution in [3.8, 4) is 0 Å². The van der Waals surface area contributed by atoms with Gasteiger partial charge < -0.3 is 10.0 Å². The van der Waals surface area contributed by atoms with Crippen molar-refractivity contribution in [3.63, 3.8) is 0 Å². The van der Waals surface area contributed by atoms with Crippen LogP contribution in [0, 0.1) is 6.92 Å². The number of sulfonamides is 1. The highest BCUT2D eigenvalue weighted by atomic mass is 35.5. The Hall–Kier alpha value is -1.94. The molecule has 0 radical (unpaired) electrons. The normalized spacial score (nSPS) is 19.4. The highest BCUT2D eigenvalue weighted by molar-refractivity contribution is 7.89. The van der Waals surface area contributed by atoms with Gasteiger partial charge in [-0.1, -0.05) is 47.0 Å². The number of halogens is 4. The number of aliphatic hydroxyl groups is 1. The van der Waals surface area contributed by atoms with Gasteiger partial charge in [0, 0.05) is 0 Å². The van der Waals surface area contributed by atoms with Crippen LogP contribution in [0.3, 0.4) is 0 Å². The summed E-state index contributed by atoms with van der Waals surface area (Å²) in [7, 11) is -4.08. The Morgan fingerprint density at radius 1 is 1.21 bits per heavy atom. The average molecular weight is 464 g/mol. The molecule has 1 aliphatic heterocycles. The molecule has 0 saturated carbocycles. The third-order valence-electron chi connectivity index (χ3n) is 4.37. The van der Waals surface area contributed by atoms with Crippen LogP contribution in [0.2, 0.25) is 10.0 Å². The van der Waals surface area contributed by atoms with E-state index in [9.17, 15) is 22.3 Å². The lowest BCUT2D eigenvalue weighted by molar-refractivity contribution is -0.0723. The summed E-state index contributed by atoms with van der Waals surface area (Å²) in [6, 6.07) is 10.5. The van der Waals surface area contributed by atoms with Crippen molar-refractivity contribution in [2.45, 2.75) is 23.8 Å². The molecule has 0 bridgehead atoms. The van der Waals surface area contributed by atoms with E-state index in [0.717, 1.165) is 10.5 Å². The minimum Gasteiger partial charge on any atom is -0.385 e. The minimum atomic E-state index is -4.08. The van der Waals surface area contributed by atoms with E-state index in [-0.39, 0.29) is 26.3 Å².